The van der Waals surface area contributed by atoms with Crippen LogP contribution in [0.5, 0.6) is 0 Å². The number of fused-ring (bicyclic) bond motifs is 2. The Morgan fingerprint density at radius 3 is 2.56 bits per heavy atom. The van der Waals surface area contributed by atoms with Crippen molar-refractivity contribution in [2.75, 3.05) is 6.54 Å². The summed E-state index contributed by atoms with van der Waals surface area (Å²) >= 11 is 6.65. The van der Waals surface area contributed by atoms with Crippen molar-refractivity contribution in [2.24, 2.45) is 0 Å². The maximum absolute atomic E-state index is 11.6. The zero-order chi connectivity index (χ0) is 18.8. The van der Waals surface area contributed by atoms with Crippen molar-refractivity contribution in [3.8, 4) is 10.4 Å². The zero-order valence-electron chi connectivity index (χ0n) is 14.1. The molecule has 4 nitrogen and oxygen atoms in total. The van der Waals surface area contributed by atoms with E-state index in [1.165, 1.54) is 4.88 Å². The van der Waals surface area contributed by atoms with Crippen LogP contribution in [0.1, 0.15) is 15.2 Å². The van der Waals surface area contributed by atoms with Gasteiger partial charge in [-0.1, -0.05) is 30.3 Å². The van der Waals surface area contributed by atoms with Gasteiger partial charge in [-0.25, -0.2) is 0 Å². The first kappa shape index (κ1) is 18.2. The van der Waals surface area contributed by atoms with E-state index in [0.717, 1.165) is 42.8 Å². The number of nitrogens with one attached hydrogen (secondary N) is 2. The number of rotatable bonds is 1. The number of thiophene rings is 2. The van der Waals surface area contributed by atoms with Crippen LogP contribution >= 0.6 is 38.6 Å². The molecule has 0 radical (unpaired) electrons. The highest BCUT2D eigenvalue weighted by molar-refractivity contribution is 9.11. The van der Waals surface area contributed by atoms with Crippen LogP contribution in [-0.4, -0.2) is 17.4 Å². The molecule has 1 aromatic carbocycles. The number of pyridine rings is 1. The number of hydrogen-bond acceptors (Lipinski definition) is 4. The fourth-order valence-electron chi connectivity index (χ4n) is 2.88. The first-order chi connectivity index (χ1) is 13.1. The minimum atomic E-state index is -0.0177. The maximum atomic E-state index is 11.6. The number of halogens is 1. The summed E-state index contributed by atoms with van der Waals surface area (Å²) in [6.45, 7) is 0.777. The van der Waals surface area contributed by atoms with E-state index < -0.39 is 0 Å². The quantitative estimate of drug-likeness (QED) is 0.418. The fourth-order valence-corrected chi connectivity index (χ4v) is 5.64. The molecule has 0 bridgehead atoms. The summed E-state index contributed by atoms with van der Waals surface area (Å²) in [7, 11) is 0. The summed E-state index contributed by atoms with van der Waals surface area (Å²) in [6, 6.07) is 15.9. The number of benzene rings is 1. The molecule has 0 spiro atoms. The molecule has 0 aliphatic carbocycles. The lowest BCUT2D eigenvalue weighted by molar-refractivity contribution is 0.0947. The van der Waals surface area contributed by atoms with Crippen molar-refractivity contribution >= 4 is 54.6 Å². The van der Waals surface area contributed by atoms with Gasteiger partial charge < -0.3 is 10.3 Å². The molecule has 1 aliphatic rings. The largest absolute Gasteiger partial charge is 0.352 e. The van der Waals surface area contributed by atoms with E-state index in [2.05, 4.69) is 38.4 Å². The molecular formula is C20H15BrN2O2S2. The van der Waals surface area contributed by atoms with E-state index in [0.29, 0.717) is 0 Å². The molecule has 136 valence electrons. The van der Waals surface area contributed by atoms with Gasteiger partial charge in [-0.05, 0) is 46.1 Å². The number of hydrogen-bond donors (Lipinski definition) is 2. The molecular weight excluding hydrogens is 444 g/mol. The zero-order valence-corrected chi connectivity index (χ0v) is 17.3. The van der Waals surface area contributed by atoms with Crippen molar-refractivity contribution in [1.29, 1.82) is 0 Å². The van der Waals surface area contributed by atoms with Crippen LogP contribution in [-0.2, 0) is 6.42 Å². The SMILES string of the molecule is O=C1NCCc2sc(Br)cc21.O=c1[nH]ccc2sc(-c3ccccc3)cc12. The molecule has 27 heavy (non-hydrogen) atoms. The van der Waals surface area contributed by atoms with Crippen molar-refractivity contribution in [2.45, 2.75) is 6.42 Å². The van der Waals surface area contributed by atoms with E-state index >= 15 is 0 Å². The topological polar surface area (TPSA) is 62.0 Å². The number of carbonyl (C=O) groups excluding carboxylic acids is 1. The number of aromatic amines is 1. The molecule has 0 unspecified atom stereocenters. The normalized spacial score (nSPS) is 12.9. The van der Waals surface area contributed by atoms with Gasteiger partial charge in [-0.15, -0.1) is 22.7 Å². The highest BCUT2D eigenvalue weighted by atomic mass is 79.9. The van der Waals surface area contributed by atoms with E-state index in [1.807, 2.05) is 36.4 Å². The fraction of sp³-hybridized carbons (Fsp3) is 0.100. The third-order valence-electron chi connectivity index (χ3n) is 4.17. The molecule has 3 aromatic heterocycles. The van der Waals surface area contributed by atoms with Crippen molar-refractivity contribution in [3.05, 3.63) is 79.3 Å². The molecule has 7 heteroatoms. The second-order valence-electron chi connectivity index (χ2n) is 5.95. The summed E-state index contributed by atoms with van der Waals surface area (Å²) in [6.07, 6.45) is 2.66. The summed E-state index contributed by atoms with van der Waals surface area (Å²) in [5, 5.41) is 3.57. The van der Waals surface area contributed by atoms with Crippen LogP contribution in [0.25, 0.3) is 20.5 Å². The van der Waals surface area contributed by atoms with Gasteiger partial charge in [0.2, 0.25) is 0 Å². The monoisotopic (exact) mass is 458 g/mol. The molecule has 1 aliphatic heterocycles. The number of aromatic nitrogens is 1. The van der Waals surface area contributed by atoms with E-state index in [-0.39, 0.29) is 11.5 Å². The Hall–Kier alpha value is -2.22. The standard InChI is InChI=1S/C13H9NOS.C7H6BrNOS/c15-13-10-8-12(9-4-2-1-3-5-9)16-11(10)6-7-14-13;8-6-3-4-5(11-6)1-2-9-7(4)10/h1-8H,(H,14,15);3H,1-2H2,(H,9,10). The minimum Gasteiger partial charge on any atom is -0.352 e. The molecule has 4 heterocycles. The highest BCUT2D eigenvalue weighted by Gasteiger charge is 2.18. The third-order valence-corrected chi connectivity index (χ3v) is 7.02. The van der Waals surface area contributed by atoms with E-state index in [1.54, 1.807) is 28.9 Å². The Balaban J connectivity index is 0.000000143. The summed E-state index contributed by atoms with van der Waals surface area (Å²) in [5.41, 5.74) is 1.98. The van der Waals surface area contributed by atoms with Crippen LogP contribution < -0.4 is 10.9 Å². The highest BCUT2D eigenvalue weighted by Crippen LogP contribution is 2.31. The molecule has 0 saturated carbocycles. The van der Waals surface area contributed by atoms with Crippen LogP contribution in [0.2, 0.25) is 0 Å². The molecule has 0 atom stereocenters. The van der Waals surface area contributed by atoms with Gasteiger partial charge in [-0.3, -0.25) is 9.59 Å². The summed E-state index contributed by atoms with van der Waals surface area (Å²) in [5.74, 6) is 0.0631. The van der Waals surface area contributed by atoms with Crippen LogP contribution in [0, 0.1) is 0 Å². The lowest BCUT2D eigenvalue weighted by Crippen LogP contribution is -2.30. The van der Waals surface area contributed by atoms with Gasteiger partial charge in [0.15, 0.2) is 0 Å². The van der Waals surface area contributed by atoms with Gasteiger partial charge in [0.25, 0.3) is 11.5 Å². The van der Waals surface area contributed by atoms with Crippen molar-refractivity contribution in [1.82, 2.24) is 10.3 Å². The van der Waals surface area contributed by atoms with Crippen LogP contribution in [0.4, 0.5) is 0 Å². The first-order valence-corrected chi connectivity index (χ1v) is 10.8. The number of carbonyl (C=O) groups is 1. The molecule has 1 amide bonds. The summed E-state index contributed by atoms with van der Waals surface area (Å²) < 4.78 is 2.07. The molecule has 0 saturated heterocycles. The molecule has 2 N–H and O–H groups in total. The van der Waals surface area contributed by atoms with Gasteiger partial charge in [0.1, 0.15) is 0 Å². The second kappa shape index (κ2) is 7.80. The van der Waals surface area contributed by atoms with E-state index in [4.69, 9.17) is 0 Å². The second-order valence-corrected chi connectivity index (χ2v) is 9.55. The predicted octanol–water partition coefficient (Wildman–Crippen LogP) is 5.05. The van der Waals surface area contributed by atoms with Crippen LogP contribution in [0.15, 0.2) is 63.3 Å². The molecule has 0 fully saturated rings. The predicted molar refractivity (Wildman–Crippen MR) is 116 cm³/mol. The van der Waals surface area contributed by atoms with E-state index in [9.17, 15) is 9.59 Å². The first-order valence-electron chi connectivity index (χ1n) is 8.35. The Morgan fingerprint density at radius 1 is 1.00 bits per heavy atom. The Labute approximate surface area is 172 Å². The van der Waals surface area contributed by atoms with Crippen molar-refractivity contribution in [3.63, 3.8) is 0 Å². The maximum Gasteiger partial charge on any atom is 0.256 e. The van der Waals surface area contributed by atoms with Gasteiger partial charge in [-0.2, -0.15) is 0 Å². The average molecular weight is 459 g/mol. The van der Waals surface area contributed by atoms with Crippen molar-refractivity contribution < 1.29 is 4.79 Å². The number of amides is 1. The Bertz CT molecular complexity index is 1160. The Morgan fingerprint density at radius 2 is 1.81 bits per heavy atom. The number of H-pyrrole nitrogens is 1. The molecule has 5 rings (SSSR count). The van der Waals surface area contributed by atoms with Crippen LogP contribution in [0.3, 0.4) is 0 Å². The lowest BCUT2D eigenvalue weighted by atomic mass is 10.1. The van der Waals surface area contributed by atoms with Gasteiger partial charge in [0, 0.05) is 27.2 Å². The van der Waals surface area contributed by atoms with Gasteiger partial charge in [0.05, 0.1) is 14.7 Å². The average Bonchev–Trinajstić information content (AvgIpc) is 3.28. The summed E-state index contributed by atoms with van der Waals surface area (Å²) in [4.78, 5) is 27.8. The third kappa shape index (κ3) is 3.90. The Kier molecular flexibility index (Phi) is 5.24. The lowest BCUT2D eigenvalue weighted by Gasteiger charge is -2.10. The molecule has 4 aromatic rings. The minimum absolute atomic E-state index is 0.0177. The smallest absolute Gasteiger partial charge is 0.256 e. The van der Waals surface area contributed by atoms with Gasteiger partial charge >= 0.3 is 0 Å².